The SMILES string of the molecule is C/C=C/c1ccc(OCC(O)CSc2nnc(N3CCOCC3)n2CC)c(OC)c1. The molecule has 1 unspecified atom stereocenters. The third-order valence-electron chi connectivity index (χ3n) is 4.69. The average molecular weight is 435 g/mol. The molecule has 164 valence electrons. The van der Waals surface area contributed by atoms with Crippen molar-refractivity contribution in [2.24, 2.45) is 0 Å². The molecule has 30 heavy (non-hydrogen) atoms. The Hall–Kier alpha value is -2.23. The van der Waals surface area contributed by atoms with Gasteiger partial charge in [-0.05, 0) is 31.5 Å². The van der Waals surface area contributed by atoms with E-state index in [-0.39, 0.29) is 6.61 Å². The van der Waals surface area contributed by atoms with Gasteiger partial charge >= 0.3 is 0 Å². The number of hydrogen-bond acceptors (Lipinski definition) is 8. The molecule has 0 spiro atoms. The Morgan fingerprint density at radius 2 is 2.07 bits per heavy atom. The maximum absolute atomic E-state index is 10.4. The van der Waals surface area contributed by atoms with Gasteiger partial charge in [0.15, 0.2) is 16.7 Å². The van der Waals surface area contributed by atoms with Crippen molar-refractivity contribution in [2.75, 3.05) is 50.7 Å². The molecule has 1 aliphatic heterocycles. The van der Waals surface area contributed by atoms with Gasteiger partial charge < -0.3 is 24.2 Å². The number of allylic oxidation sites excluding steroid dienone is 1. The summed E-state index contributed by atoms with van der Waals surface area (Å²) < 4.78 is 18.7. The fraction of sp³-hybridized carbons (Fsp3) is 0.524. The van der Waals surface area contributed by atoms with Crippen LogP contribution in [0.2, 0.25) is 0 Å². The summed E-state index contributed by atoms with van der Waals surface area (Å²) >= 11 is 1.48. The van der Waals surface area contributed by atoms with Crippen LogP contribution in [-0.4, -0.2) is 71.7 Å². The van der Waals surface area contributed by atoms with Gasteiger partial charge in [0, 0.05) is 25.4 Å². The van der Waals surface area contributed by atoms with Crippen molar-refractivity contribution in [1.82, 2.24) is 14.8 Å². The van der Waals surface area contributed by atoms with E-state index >= 15 is 0 Å². The van der Waals surface area contributed by atoms with E-state index in [0.29, 0.717) is 30.5 Å². The minimum Gasteiger partial charge on any atom is -0.493 e. The summed E-state index contributed by atoms with van der Waals surface area (Å²) in [5.41, 5.74) is 1.03. The van der Waals surface area contributed by atoms with Crippen molar-refractivity contribution in [3.05, 3.63) is 29.8 Å². The van der Waals surface area contributed by atoms with Gasteiger partial charge in [-0.2, -0.15) is 0 Å². The molecule has 1 fully saturated rings. The van der Waals surface area contributed by atoms with E-state index in [4.69, 9.17) is 14.2 Å². The number of anilines is 1. The molecule has 1 atom stereocenters. The number of benzene rings is 1. The first-order chi connectivity index (χ1) is 14.7. The number of methoxy groups -OCH3 is 1. The molecule has 2 heterocycles. The largest absolute Gasteiger partial charge is 0.493 e. The van der Waals surface area contributed by atoms with E-state index in [1.165, 1.54) is 11.8 Å². The third-order valence-corrected chi connectivity index (χ3v) is 5.80. The number of ether oxygens (including phenoxy) is 3. The quantitative estimate of drug-likeness (QED) is 0.572. The van der Waals surface area contributed by atoms with Crippen molar-refractivity contribution >= 4 is 23.8 Å². The maximum Gasteiger partial charge on any atom is 0.228 e. The second-order valence-electron chi connectivity index (χ2n) is 6.81. The van der Waals surface area contributed by atoms with Crippen molar-refractivity contribution in [1.29, 1.82) is 0 Å². The maximum atomic E-state index is 10.4. The van der Waals surface area contributed by atoms with Gasteiger partial charge in [-0.1, -0.05) is 30.0 Å². The molecular weight excluding hydrogens is 404 g/mol. The Kier molecular flexibility index (Phi) is 8.41. The minimum atomic E-state index is -0.649. The molecule has 0 aliphatic carbocycles. The summed E-state index contributed by atoms with van der Waals surface area (Å²) in [6, 6.07) is 5.72. The molecule has 3 rings (SSSR count). The van der Waals surface area contributed by atoms with Crippen LogP contribution in [0.15, 0.2) is 29.4 Å². The van der Waals surface area contributed by atoms with Crippen LogP contribution >= 0.6 is 11.8 Å². The van der Waals surface area contributed by atoms with Gasteiger partial charge in [-0.15, -0.1) is 10.2 Å². The normalized spacial score (nSPS) is 15.5. The van der Waals surface area contributed by atoms with Crippen molar-refractivity contribution in [3.63, 3.8) is 0 Å². The molecule has 0 saturated carbocycles. The second-order valence-corrected chi connectivity index (χ2v) is 7.80. The number of hydrogen-bond donors (Lipinski definition) is 1. The molecule has 1 saturated heterocycles. The van der Waals surface area contributed by atoms with Gasteiger partial charge in [-0.3, -0.25) is 4.57 Å². The fourth-order valence-corrected chi connectivity index (χ4v) is 4.07. The first kappa shape index (κ1) is 22.5. The van der Waals surface area contributed by atoms with Crippen LogP contribution in [0.3, 0.4) is 0 Å². The number of aliphatic hydroxyl groups is 1. The smallest absolute Gasteiger partial charge is 0.228 e. The van der Waals surface area contributed by atoms with Crippen LogP contribution in [0.5, 0.6) is 11.5 Å². The first-order valence-corrected chi connectivity index (χ1v) is 11.1. The molecule has 1 aliphatic rings. The lowest BCUT2D eigenvalue weighted by Crippen LogP contribution is -2.38. The number of morpholine rings is 1. The predicted molar refractivity (Wildman–Crippen MR) is 119 cm³/mol. The highest BCUT2D eigenvalue weighted by Gasteiger charge is 2.20. The van der Waals surface area contributed by atoms with E-state index in [1.54, 1.807) is 7.11 Å². The highest BCUT2D eigenvalue weighted by Crippen LogP contribution is 2.29. The monoisotopic (exact) mass is 434 g/mol. The standard InChI is InChI=1S/C21H30N4O4S/c1-4-6-16-7-8-18(19(13-16)27-3)29-14-17(26)15-30-21-23-22-20(25(21)5-2)24-9-11-28-12-10-24/h4,6-8,13,17,26H,5,9-12,14-15H2,1-3H3/b6-4+. The van der Waals surface area contributed by atoms with E-state index in [9.17, 15) is 5.11 Å². The number of aromatic nitrogens is 3. The van der Waals surface area contributed by atoms with Crippen molar-refractivity contribution in [3.8, 4) is 11.5 Å². The fourth-order valence-electron chi connectivity index (χ4n) is 3.17. The van der Waals surface area contributed by atoms with Crippen molar-refractivity contribution < 1.29 is 19.3 Å². The van der Waals surface area contributed by atoms with Gasteiger partial charge in [0.2, 0.25) is 5.95 Å². The molecule has 0 radical (unpaired) electrons. The Balaban J connectivity index is 1.55. The zero-order valence-corrected chi connectivity index (χ0v) is 18.6. The van der Waals surface area contributed by atoms with Gasteiger partial charge in [0.05, 0.1) is 26.4 Å². The average Bonchev–Trinajstić information content (AvgIpc) is 3.20. The molecule has 1 N–H and O–H groups in total. The van der Waals surface area contributed by atoms with E-state index in [1.807, 2.05) is 37.3 Å². The Bertz CT molecular complexity index is 836. The highest BCUT2D eigenvalue weighted by molar-refractivity contribution is 7.99. The van der Waals surface area contributed by atoms with E-state index in [2.05, 4.69) is 26.6 Å². The lowest BCUT2D eigenvalue weighted by Gasteiger charge is -2.27. The van der Waals surface area contributed by atoms with Crippen LogP contribution in [-0.2, 0) is 11.3 Å². The van der Waals surface area contributed by atoms with Crippen molar-refractivity contribution in [2.45, 2.75) is 31.7 Å². The molecule has 8 nitrogen and oxygen atoms in total. The van der Waals surface area contributed by atoms with Crippen LogP contribution < -0.4 is 14.4 Å². The molecule has 2 aromatic rings. The number of nitrogens with zero attached hydrogens (tertiary/aromatic N) is 4. The lowest BCUT2D eigenvalue weighted by molar-refractivity contribution is 0.121. The number of rotatable bonds is 10. The van der Waals surface area contributed by atoms with Crippen LogP contribution in [0.1, 0.15) is 19.4 Å². The number of aliphatic hydroxyl groups excluding tert-OH is 1. The summed E-state index contributed by atoms with van der Waals surface area (Å²) in [5.74, 6) is 2.58. The molecule has 0 bridgehead atoms. The summed E-state index contributed by atoms with van der Waals surface area (Å²) in [7, 11) is 1.61. The van der Waals surface area contributed by atoms with Crippen LogP contribution in [0, 0.1) is 0 Å². The Morgan fingerprint density at radius 1 is 1.27 bits per heavy atom. The molecule has 9 heteroatoms. The highest BCUT2D eigenvalue weighted by atomic mass is 32.2. The van der Waals surface area contributed by atoms with Gasteiger partial charge in [0.25, 0.3) is 0 Å². The minimum absolute atomic E-state index is 0.170. The van der Waals surface area contributed by atoms with E-state index in [0.717, 1.165) is 36.3 Å². The van der Waals surface area contributed by atoms with E-state index < -0.39 is 6.10 Å². The third kappa shape index (κ3) is 5.68. The molecule has 0 amide bonds. The Morgan fingerprint density at radius 3 is 2.77 bits per heavy atom. The molecular formula is C21H30N4O4S. The van der Waals surface area contributed by atoms with Gasteiger partial charge in [-0.25, -0.2) is 0 Å². The first-order valence-electron chi connectivity index (χ1n) is 10.2. The van der Waals surface area contributed by atoms with Gasteiger partial charge in [0.1, 0.15) is 6.61 Å². The number of thioether (sulfide) groups is 1. The topological polar surface area (TPSA) is 81.9 Å². The second kappa shape index (κ2) is 11.2. The van der Waals surface area contributed by atoms with Crippen LogP contribution in [0.4, 0.5) is 5.95 Å². The predicted octanol–water partition coefficient (Wildman–Crippen LogP) is 2.71. The summed E-state index contributed by atoms with van der Waals surface area (Å²) in [4.78, 5) is 2.19. The summed E-state index contributed by atoms with van der Waals surface area (Å²) in [5, 5.41) is 19.9. The lowest BCUT2D eigenvalue weighted by atomic mass is 10.2. The Labute approximate surface area is 181 Å². The summed E-state index contributed by atoms with van der Waals surface area (Å²) in [6.45, 7) is 8.01. The zero-order valence-electron chi connectivity index (χ0n) is 17.8. The molecule has 1 aromatic heterocycles. The van der Waals surface area contributed by atoms with Crippen LogP contribution in [0.25, 0.3) is 6.08 Å². The zero-order chi connectivity index (χ0) is 21.3. The summed E-state index contributed by atoms with van der Waals surface area (Å²) in [6.07, 6.45) is 3.31. The molecule has 1 aromatic carbocycles.